The molecule has 0 amide bonds. The lowest BCUT2D eigenvalue weighted by atomic mass is 9.82. The van der Waals surface area contributed by atoms with Gasteiger partial charge < -0.3 is 14.4 Å². The second-order valence-electron chi connectivity index (χ2n) is 7.19. The zero-order chi connectivity index (χ0) is 17.8. The van der Waals surface area contributed by atoms with E-state index in [2.05, 4.69) is 51.2 Å². The molecule has 5 heteroatoms. The van der Waals surface area contributed by atoms with Crippen LogP contribution < -0.4 is 9.64 Å². The zero-order valence-electron chi connectivity index (χ0n) is 14.5. The first-order chi connectivity index (χ1) is 12.7. The SMILES string of the molecule is CCOC(=O)[C@@H]1[C@H]2COc3ccccc3[C@H]2N2c3ccc(Br)cc3C[C@H]12. The summed E-state index contributed by atoms with van der Waals surface area (Å²) >= 11 is 3.58. The predicted octanol–water partition coefficient (Wildman–Crippen LogP) is 4.12. The summed E-state index contributed by atoms with van der Waals surface area (Å²) in [5, 5.41) is 0. The van der Waals surface area contributed by atoms with Crippen molar-refractivity contribution in [2.45, 2.75) is 25.4 Å². The summed E-state index contributed by atoms with van der Waals surface area (Å²) in [6, 6.07) is 14.9. The van der Waals surface area contributed by atoms with Crippen molar-refractivity contribution in [1.82, 2.24) is 0 Å². The molecule has 26 heavy (non-hydrogen) atoms. The summed E-state index contributed by atoms with van der Waals surface area (Å²) in [4.78, 5) is 15.3. The Bertz CT molecular complexity index is 883. The van der Waals surface area contributed by atoms with Crippen molar-refractivity contribution in [3.8, 4) is 5.75 Å². The molecule has 3 aliphatic rings. The normalized spacial score (nSPS) is 27.8. The van der Waals surface area contributed by atoms with E-state index in [1.165, 1.54) is 16.8 Å². The van der Waals surface area contributed by atoms with Crippen LogP contribution >= 0.6 is 15.9 Å². The molecule has 2 aromatic rings. The maximum absolute atomic E-state index is 12.9. The first-order valence-corrected chi connectivity index (χ1v) is 9.93. The van der Waals surface area contributed by atoms with E-state index in [9.17, 15) is 4.79 Å². The number of ether oxygens (including phenoxy) is 2. The number of anilines is 1. The molecule has 0 radical (unpaired) electrons. The third-order valence-electron chi connectivity index (χ3n) is 5.91. The molecule has 3 heterocycles. The van der Waals surface area contributed by atoms with E-state index in [-0.39, 0.29) is 29.9 Å². The Balaban J connectivity index is 1.65. The molecule has 5 rings (SSSR count). The fraction of sp³-hybridized carbons (Fsp3) is 0.381. The number of hydrogen-bond donors (Lipinski definition) is 0. The molecule has 134 valence electrons. The van der Waals surface area contributed by atoms with Crippen LogP contribution in [-0.4, -0.2) is 25.2 Å². The fourth-order valence-electron chi connectivity index (χ4n) is 5.00. The Labute approximate surface area is 161 Å². The highest BCUT2D eigenvalue weighted by atomic mass is 79.9. The first kappa shape index (κ1) is 16.2. The summed E-state index contributed by atoms with van der Waals surface area (Å²) in [5.41, 5.74) is 3.70. The highest BCUT2D eigenvalue weighted by Crippen LogP contribution is 2.56. The highest BCUT2D eigenvalue weighted by Gasteiger charge is 2.57. The lowest BCUT2D eigenvalue weighted by molar-refractivity contribution is -0.150. The Morgan fingerprint density at radius 3 is 3.00 bits per heavy atom. The number of nitrogens with zero attached hydrogens (tertiary/aromatic N) is 1. The van der Waals surface area contributed by atoms with Gasteiger partial charge in [-0.15, -0.1) is 0 Å². The zero-order valence-corrected chi connectivity index (χ0v) is 16.1. The number of benzene rings is 2. The third kappa shape index (κ3) is 2.22. The standard InChI is InChI=1S/C21H20BrNO3/c1-2-25-21(24)19-15-11-26-18-6-4-3-5-14(18)20(15)23-16-8-7-13(22)9-12(16)10-17(19)23/h3-9,15,17,19-20H,2,10-11H2,1H3/t15-,17-,19-,20-/m1/s1. The minimum Gasteiger partial charge on any atom is -0.493 e. The van der Waals surface area contributed by atoms with Gasteiger partial charge >= 0.3 is 5.97 Å². The van der Waals surface area contributed by atoms with Crippen molar-refractivity contribution >= 4 is 27.6 Å². The van der Waals surface area contributed by atoms with Gasteiger partial charge in [0.1, 0.15) is 5.75 Å². The van der Waals surface area contributed by atoms with Gasteiger partial charge in [-0.05, 0) is 43.2 Å². The molecule has 0 aromatic heterocycles. The molecule has 3 aliphatic heterocycles. The van der Waals surface area contributed by atoms with E-state index in [4.69, 9.17) is 9.47 Å². The van der Waals surface area contributed by atoms with Crippen LogP contribution in [0.3, 0.4) is 0 Å². The molecule has 0 unspecified atom stereocenters. The Kier molecular flexibility index (Phi) is 3.74. The summed E-state index contributed by atoms with van der Waals surface area (Å²) in [7, 11) is 0. The van der Waals surface area contributed by atoms with Crippen LogP contribution in [0.4, 0.5) is 5.69 Å². The number of carbonyl (C=O) groups is 1. The number of hydrogen-bond acceptors (Lipinski definition) is 4. The Morgan fingerprint density at radius 1 is 1.31 bits per heavy atom. The number of para-hydroxylation sites is 1. The molecule has 1 fully saturated rings. The van der Waals surface area contributed by atoms with Gasteiger partial charge in [0.15, 0.2) is 0 Å². The highest BCUT2D eigenvalue weighted by molar-refractivity contribution is 9.10. The van der Waals surface area contributed by atoms with Gasteiger partial charge in [-0.25, -0.2) is 0 Å². The average Bonchev–Trinajstić information content (AvgIpc) is 3.15. The van der Waals surface area contributed by atoms with Gasteiger partial charge in [-0.2, -0.15) is 0 Å². The second-order valence-corrected chi connectivity index (χ2v) is 8.10. The van der Waals surface area contributed by atoms with Crippen LogP contribution in [-0.2, 0) is 16.0 Å². The molecule has 4 nitrogen and oxygen atoms in total. The third-order valence-corrected chi connectivity index (χ3v) is 6.41. The monoisotopic (exact) mass is 413 g/mol. The molecule has 2 aromatic carbocycles. The van der Waals surface area contributed by atoms with Crippen molar-refractivity contribution < 1.29 is 14.3 Å². The van der Waals surface area contributed by atoms with Gasteiger partial charge in [0.25, 0.3) is 0 Å². The number of fused-ring (bicyclic) bond motifs is 7. The van der Waals surface area contributed by atoms with Crippen LogP contribution in [0.1, 0.15) is 24.1 Å². The van der Waals surface area contributed by atoms with E-state index in [1.54, 1.807) is 0 Å². The summed E-state index contributed by atoms with van der Waals surface area (Å²) < 4.78 is 12.6. The van der Waals surface area contributed by atoms with Crippen molar-refractivity contribution in [3.63, 3.8) is 0 Å². The number of rotatable bonds is 2. The van der Waals surface area contributed by atoms with E-state index < -0.39 is 0 Å². The minimum atomic E-state index is -0.167. The van der Waals surface area contributed by atoms with Gasteiger partial charge in [-0.1, -0.05) is 34.1 Å². The maximum atomic E-state index is 12.9. The lowest BCUT2D eigenvalue weighted by Gasteiger charge is -2.35. The summed E-state index contributed by atoms with van der Waals surface area (Å²) in [6.45, 7) is 2.84. The second kappa shape index (κ2) is 6.02. The van der Waals surface area contributed by atoms with E-state index in [0.717, 1.165) is 16.6 Å². The lowest BCUT2D eigenvalue weighted by Crippen LogP contribution is -2.36. The van der Waals surface area contributed by atoms with Crippen LogP contribution in [0.25, 0.3) is 0 Å². The summed E-state index contributed by atoms with van der Waals surface area (Å²) in [6.07, 6.45) is 0.868. The number of halogens is 1. The van der Waals surface area contributed by atoms with Crippen LogP contribution in [0, 0.1) is 11.8 Å². The topological polar surface area (TPSA) is 38.8 Å². The molecule has 1 saturated heterocycles. The van der Waals surface area contributed by atoms with Gasteiger partial charge in [-0.3, -0.25) is 4.79 Å². The van der Waals surface area contributed by atoms with E-state index in [0.29, 0.717) is 13.2 Å². The minimum absolute atomic E-state index is 0.0927. The van der Waals surface area contributed by atoms with Crippen molar-refractivity contribution in [2.75, 3.05) is 18.1 Å². The average molecular weight is 414 g/mol. The molecule has 0 N–H and O–H groups in total. The van der Waals surface area contributed by atoms with Crippen LogP contribution in [0.5, 0.6) is 5.75 Å². The van der Waals surface area contributed by atoms with Crippen molar-refractivity contribution in [1.29, 1.82) is 0 Å². The van der Waals surface area contributed by atoms with Crippen LogP contribution in [0.2, 0.25) is 0 Å². The fourth-order valence-corrected chi connectivity index (χ4v) is 5.41. The molecule has 0 aliphatic carbocycles. The van der Waals surface area contributed by atoms with Gasteiger partial charge in [0, 0.05) is 27.7 Å². The number of carbonyl (C=O) groups excluding carboxylic acids is 1. The molecule has 0 saturated carbocycles. The first-order valence-electron chi connectivity index (χ1n) is 9.14. The molecular formula is C21H20BrNO3. The van der Waals surface area contributed by atoms with Crippen molar-refractivity contribution in [3.05, 3.63) is 58.1 Å². The van der Waals surface area contributed by atoms with Crippen molar-refractivity contribution in [2.24, 2.45) is 11.8 Å². The van der Waals surface area contributed by atoms with Gasteiger partial charge in [0.05, 0.1) is 25.2 Å². The largest absolute Gasteiger partial charge is 0.493 e. The van der Waals surface area contributed by atoms with Gasteiger partial charge in [0.2, 0.25) is 0 Å². The Hall–Kier alpha value is -2.01. The predicted molar refractivity (Wildman–Crippen MR) is 102 cm³/mol. The Morgan fingerprint density at radius 2 is 2.15 bits per heavy atom. The molecule has 0 bridgehead atoms. The molecule has 0 spiro atoms. The smallest absolute Gasteiger partial charge is 0.311 e. The summed E-state index contributed by atoms with van der Waals surface area (Å²) in [5.74, 6) is 0.789. The van der Waals surface area contributed by atoms with E-state index >= 15 is 0 Å². The maximum Gasteiger partial charge on any atom is 0.311 e. The quantitative estimate of drug-likeness (QED) is 0.693. The van der Waals surface area contributed by atoms with Crippen LogP contribution in [0.15, 0.2) is 46.9 Å². The molecular weight excluding hydrogens is 394 g/mol. The molecule has 4 atom stereocenters. The van der Waals surface area contributed by atoms with E-state index in [1.807, 2.05) is 19.1 Å². The number of esters is 1.